The zero-order valence-electron chi connectivity index (χ0n) is 16.7. The van der Waals surface area contributed by atoms with Crippen LogP contribution in [0, 0.1) is 5.92 Å². The molecule has 0 radical (unpaired) electrons. The quantitative estimate of drug-likeness (QED) is 0.691. The van der Waals surface area contributed by atoms with E-state index in [9.17, 15) is 9.59 Å². The summed E-state index contributed by atoms with van der Waals surface area (Å²) in [5.74, 6) is -0.0248. The van der Waals surface area contributed by atoms with Gasteiger partial charge in [-0.1, -0.05) is 12.1 Å². The topological polar surface area (TPSA) is 74.2 Å². The lowest BCUT2D eigenvalue weighted by Crippen LogP contribution is -2.37. The first-order valence-electron chi connectivity index (χ1n) is 9.89. The predicted octanol–water partition coefficient (Wildman–Crippen LogP) is 4.22. The van der Waals surface area contributed by atoms with Crippen molar-refractivity contribution < 1.29 is 23.8 Å². The molecule has 3 aliphatic rings. The lowest BCUT2D eigenvalue weighted by atomic mass is 9.70. The van der Waals surface area contributed by atoms with E-state index in [4.69, 9.17) is 19.2 Å². The number of methoxy groups -OCH3 is 1. The van der Waals surface area contributed by atoms with Crippen molar-refractivity contribution >= 4 is 28.8 Å². The van der Waals surface area contributed by atoms with E-state index in [0.29, 0.717) is 35.6 Å². The van der Waals surface area contributed by atoms with Gasteiger partial charge in [0.05, 0.1) is 7.11 Å². The van der Waals surface area contributed by atoms with E-state index in [2.05, 4.69) is 6.07 Å². The van der Waals surface area contributed by atoms with Crippen LogP contribution in [0.5, 0.6) is 11.5 Å². The molecule has 0 saturated heterocycles. The van der Waals surface area contributed by atoms with E-state index < -0.39 is 17.8 Å². The smallest absolute Gasteiger partial charge is 0.315 e. The number of carbonyl (C=O) groups excluding carboxylic acids is 2. The van der Waals surface area contributed by atoms with Crippen molar-refractivity contribution in [3.8, 4) is 11.5 Å². The number of esters is 1. The summed E-state index contributed by atoms with van der Waals surface area (Å²) in [4.78, 5) is 32.0. The molecule has 0 spiro atoms. The first-order valence-corrected chi connectivity index (χ1v) is 10.8. The van der Waals surface area contributed by atoms with Crippen molar-refractivity contribution in [1.29, 1.82) is 0 Å². The van der Waals surface area contributed by atoms with Crippen molar-refractivity contribution in [3.63, 3.8) is 0 Å². The molecule has 30 heavy (non-hydrogen) atoms. The standard InChI is InChI=1S/C23H21NO5S/c1-12-20(23(26)27-2)21(13-5-6-17-18(10-13)29-11-28-17)22-15(24-12)8-14(9-16(22)25)19-4-3-7-30-19/h3-7,10,14,20-21H,8-9,11H2,1-2H3/t14-,20?,21-/m1/s1. The van der Waals surface area contributed by atoms with E-state index in [-0.39, 0.29) is 18.5 Å². The van der Waals surface area contributed by atoms with Gasteiger partial charge in [-0.25, -0.2) is 0 Å². The molecule has 1 unspecified atom stereocenters. The second-order valence-corrected chi connectivity index (χ2v) is 8.73. The molecule has 2 aliphatic heterocycles. The van der Waals surface area contributed by atoms with E-state index in [1.165, 1.54) is 12.0 Å². The Bertz CT molecular complexity index is 1090. The van der Waals surface area contributed by atoms with Crippen molar-refractivity contribution in [2.75, 3.05) is 13.9 Å². The number of carbonyl (C=O) groups is 2. The molecule has 0 bridgehead atoms. The van der Waals surface area contributed by atoms with E-state index in [1.54, 1.807) is 11.3 Å². The Balaban J connectivity index is 1.62. The monoisotopic (exact) mass is 423 g/mol. The van der Waals surface area contributed by atoms with Crippen LogP contribution in [-0.2, 0) is 14.3 Å². The van der Waals surface area contributed by atoms with Crippen LogP contribution in [0.25, 0.3) is 0 Å². The van der Waals surface area contributed by atoms with Gasteiger partial charge in [0.2, 0.25) is 6.79 Å². The molecule has 3 heterocycles. The van der Waals surface area contributed by atoms with Gasteiger partial charge in [0.15, 0.2) is 17.3 Å². The minimum atomic E-state index is -0.642. The number of ether oxygens (including phenoxy) is 3. The molecule has 6 nitrogen and oxygen atoms in total. The van der Waals surface area contributed by atoms with Gasteiger partial charge in [0.1, 0.15) is 5.92 Å². The minimum Gasteiger partial charge on any atom is -0.468 e. The summed E-state index contributed by atoms with van der Waals surface area (Å²) in [6.45, 7) is 2.00. The fourth-order valence-corrected chi connectivity index (χ4v) is 5.51. The second-order valence-electron chi connectivity index (χ2n) is 7.75. The number of nitrogens with zero attached hydrogens (tertiary/aromatic N) is 1. The van der Waals surface area contributed by atoms with Gasteiger partial charge in [0, 0.05) is 40.1 Å². The fourth-order valence-electron chi connectivity index (χ4n) is 4.68. The summed E-state index contributed by atoms with van der Waals surface area (Å²) in [6.07, 6.45) is 1.11. The zero-order valence-corrected chi connectivity index (χ0v) is 17.5. The summed E-state index contributed by atoms with van der Waals surface area (Å²) in [5, 5.41) is 2.03. The SMILES string of the molecule is COC(=O)C1C(C)=NC2=C(C(=O)C[C@H](c3cccs3)C2)[C@@H]1c1ccc2c(c1)OCO2. The van der Waals surface area contributed by atoms with Crippen LogP contribution in [0.2, 0.25) is 0 Å². The molecule has 3 atom stereocenters. The van der Waals surface area contributed by atoms with Gasteiger partial charge in [-0.2, -0.15) is 0 Å². The van der Waals surface area contributed by atoms with Gasteiger partial charge in [-0.15, -0.1) is 11.3 Å². The van der Waals surface area contributed by atoms with Crippen molar-refractivity contribution in [3.05, 3.63) is 57.4 Å². The number of ketones is 1. The first-order chi connectivity index (χ1) is 14.6. The third kappa shape index (κ3) is 3.04. The highest BCUT2D eigenvalue weighted by molar-refractivity contribution is 7.10. The first kappa shape index (κ1) is 19.1. The Labute approximate surface area is 178 Å². The number of allylic oxidation sites excluding steroid dienone is 2. The van der Waals surface area contributed by atoms with Crippen LogP contribution in [0.4, 0.5) is 0 Å². The van der Waals surface area contributed by atoms with Crippen LogP contribution >= 0.6 is 11.3 Å². The summed E-state index contributed by atoms with van der Waals surface area (Å²) in [6, 6.07) is 9.67. The number of hydrogen-bond acceptors (Lipinski definition) is 7. The molecule has 1 aromatic carbocycles. The molecule has 5 rings (SSSR count). The Morgan fingerprint density at radius 2 is 2.03 bits per heavy atom. The van der Waals surface area contributed by atoms with Crippen LogP contribution in [-0.4, -0.2) is 31.4 Å². The largest absolute Gasteiger partial charge is 0.468 e. The number of rotatable bonds is 3. The number of hydrogen-bond donors (Lipinski definition) is 0. The van der Waals surface area contributed by atoms with E-state index >= 15 is 0 Å². The number of fused-ring (bicyclic) bond motifs is 1. The highest BCUT2D eigenvalue weighted by atomic mass is 32.1. The average molecular weight is 423 g/mol. The molecule has 1 aliphatic carbocycles. The molecule has 0 fully saturated rings. The second kappa shape index (κ2) is 7.40. The Hall–Kier alpha value is -2.93. The van der Waals surface area contributed by atoms with E-state index in [1.807, 2.05) is 36.6 Å². The van der Waals surface area contributed by atoms with E-state index in [0.717, 1.165) is 11.3 Å². The van der Waals surface area contributed by atoms with Gasteiger partial charge < -0.3 is 14.2 Å². The molecule has 154 valence electrons. The van der Waals surface area contributed by atoms with Crippen molar-refractivity contribution in [2.24, 2.45) is 10.9 Å². The third-order valence-corrected chi connectivity index (χ3v) is 7.08. The lowest BCUT2D eigenvalue weighted by Gasteiger charge is -2.36. The minimum absolute atomic E-state index is 0.0440. The molecular formula is C23H21NO5S. The van der Waals surface area contributed by atoms with Crippen LogP contribution in [0.15, 0.2) is 52.0 Å². The van der Waals surface area contributed by atoms with Crippen molar-refractivity contribution in [2.45, 2.75) is 31.6 Å². The Morgan fingerprint density at radius 3 is 2.80 bits per heavy atom. The fraction of sp³-hybridized carbons (Fsp3) is 0.348. The van der Waals surface area contributed by atoms with Crippen molar-refractivity contribution in [1.82, 2.24) is 0 Å². The molecule has 1 aromatic heterocycles. The molecular weight excluding hydrogens is 402 g/mol. The molecule has 2 aromatic rings. The highest BCUT2D eigenvalue weighted by Crippen LogP contribution is 2.48. The zero-order chi connectivity index (χ0) is 20.8. The molecule has 0 saturated carbocycles. The normalized spacial score (nSPS) is 25.1. The van der Waals surface area contributed by atoms with Gasteiger partial charge in [-0.3, -0.25) is 14.6 Å². The third-order valence-electron chi connectivity index (χ3n) is 6.05. The molecule has 7 heteroatoms. The maximum Gasteiger partial charge on any atom is 0.315 e. The summed E-state index contributed by atoms with van der Waals surface area (Å²) < 4.78 is 16.1. The maximum absolute atomic E-state index is 13.4. The van der Waals surface area contributed by atoms with Crippen LogP contribution in [0.3, 0.4) is 0 Å². The van der Waals surface area contributed by atoms with Gasteiger partial charge in [-0.05, 0) is 42.5 Å². The summed E-state index contributed by atoms with van der Waals surface area (Å²) in [5.41, 5.74) is 2.91. The number of Topliss-reactive ketones (excluding diaryl/α,β-unsaturated/α-hetero) is 1. The Morgan fingerprint density at radius 1 is 1.20 bits per heavy atom. The number of aliphatic imine (C=N–C) groups is 1. The highest BCUT2D eigenvalue weighted by Gasteiger charge is 2.45. The predicted molar refractivity (Wildman–Crippen MR) is 112 cm³/mol. The molecule has 0 N–H and O–H groups in total. The van der Waals surface area contributed by atoms with Crippen LogP contribution < -0.4 is 9.47 Å². The van der Waals surface area contributed by atoms with Crippen LogP contribution in [0.1, 0.15) is 42.0 Å². The number of thiophene rings is 1. The number of benzene rings is 1. The summed E-state index contributed by atoms with van der Waals surface area (Å²) in [7, 11) is 1.37. The van der Waals surface area contributed by atoms with Gasteiger partial charge in [0.25, 0.3) is 0 Å². The maximum atomic E-state index is 13.4. The van der Waals surface area contributed by atoms with Gasteiger partial charge >= 0.3 is 5.97 Å². The lowest BCUT2D eigenvalue weighted by molar-refractivity contribution is -0.143. The Kier molecular flexibility index (Phi) is 4.70. The summed E-state index contributed by atoms with van der Waals surface area (Å²) >= 11 is 1.66. The molecule has 0 amide bonds. The average Bonchev–Trinajstić information content (AvgIpc) is 3.43.